The van der Waals surface area contributed by atoms with E-state index in [0.717, 1.165) is 6.26 Å². The fraction of sp³-hybridized carbons (Fsp3) is 0.667. The molecule has 1 amide bonds. The predicted octanol–water partition coefficient (Wildman–Crippen LogP) is -0.824. The Balaban J connectivity index is 2.07. The molecule has 2 heterocycles. The molecular weight excluding hydrogens is 274 g/mol. The van der Waals surface area contributed by atoms with Gasteiger partial charge in [-0.25, -0.2) is 13.5 Å². The number of methoxy groups -OCH3 is 1. The average molecular weight is 289 g/mol. The highest BCUT2D eigenvalue weighted by Gasteiger charge is 2.36. The number of ether oxygens (including phenoxy) is 1. The van der Waals surface area contributed by atoms with Crippen LogP contribution in [0, 0.1) is 0 Å². The van der Waals surface area contributed by atoms with Crippen molar-refractivity contribution in [1.82, 2.24) is 19.5 Å². The summed E-state index contributed by atoms with van der Waals surface area (Å²) < 4.78 is 29.0. The third-order valence-electron chi connectivity index (χ3n) is 2.82. The van der Waals surface area contributed by atoms with E-state index in [-0.39, 0.29) is 12.0 Å². The number of hydrogen-bond donors (Lipinski definition) is 2. The predicted molar refractivity (Wildman–Crippen MR) is 66.1 cm³/mol. The zero-order valence-electron chi connectivity index (χ0n) is 10.6. The molecule has 10 heteroatoms. The van der Waals surface area contributed by atoms with Gasteiger partial charge in [0, 0.05) is 6.54 Å². The molecule has 106 valence electrons. The van der Waals surface area contributed by atoms with Crippen molar-refractivity contribution in [3.05, 3.63) is 0 Å². The number of hydrogen-bond acceptors (Lipinski definition) is 6. The first-order valence-corrected chi connectivity index (χ1v) is 7.50. The number of nitrogens with one attached hydrogen (secondary N) is 2. The van der Waals surface area contributed by atoms with Crippen LogP contribution < -0.4 is 10.1 Å². The molecule has 0 aliphatic carbocycles. The summed E-state index contributed by atoms with van der Waals surface area (Å²) in [5.74, 6) is -0.302. The second kappa shape index (κ2) is 5.13. The van der Waals surface area contributed by atoms with E-state index in [0.29, 0.717) is 19.4 Å². The number of aromatic amines is 1. The van der Waals surface area contributed by atoms with Crippen molar-refractivity contribution >= 4 is 21.9 Å². The molecule has 1 unspecified atom stereocenters. The quantitative estimate of drug-likeness (QED) is 0.747. The van der Waals surface area contributed by atoms with Crippen LogP contribution in [0.25, 0.3) is 0 Å². The molecule has 0 radical (unpaired) electrons. The fourth-order valence-electron chi connectivity index (χ4n) is 1.99. The molecule has 1 aliphatic rings. The number of carbonyl (C=O) groups excluding carboxylic acids is 1. The number of anilines is 1. The molecule has 1 fully saturated rings. The van der Waals surface area contributed by atoms with E-state index in [2.05, 4.69) is 20.5 Å². The smallest absolute Gasteiger partial charge is 0.336 e. The molecule has 0 aromatic carbocycles. The van der Waals surface area contributed by atoms with Gasteiger partial charge in [-0.3, -0.25) is 10.1 Å². The molecule has 1 atom stereocenters. The Labute approximate surface area is 110 Å². The van der Waals surface area contributed by atoms with Gasteiger partial charge in [0.1, 0.15) is 6.04 Å². The van der Waals surface area contributed by atoms with E-state index in [9.17, 15) is 13.2 Å². The zero-order valence-corrected chi connectivity index (χ0v) is 11.4. The van der Waals surface area contributed by atoms with Crippen LogP contribution in [0.1, 0.15) is 12.8 Å². The molecule has 1 aliphatic heterocycles. The molecule has 19 heavy (non-hydrogen) atoms. The monoisotopic (exact) mass is 289 g/mol. The zero-order chi connectivity index (χ0) is 14.0. The Morgan fingerprint density at radius 3 is 2.89 bits per heavy atom. The van der Waals surface area contributed by atoms with E-state index in [1.165, 1.54) is 11.4 Å². The second-order valence-corrected chi connectivity index (χ2v) is 6.13. The Hall–Kier alpha value is -1.68. The highest BCUT2D eigenvalue weighted by atomic mass is 32.2. The number of aromatic nitrogens is 3. The summed E-state index contributed by atoms with van der Waals surface area (Å²) in [7, 11) is -1.99. The maximum absolute atomic E-state index is 12.0. The number of rotatable bonds is 4. The third-order valence-corrected chi connectivity index (χ3v) is 4.11. The van der Waals surface area contributed by atoms with Gasteiger partial charge in [-0.1, -0.05) is 0 Å². The van der Waals surface area contributed by atoms with Crippen molar-refractivity contribution in [3.8, 4) is 6.01 Å². The lowest BCUT2D eigenvalue weighted by atomic mass is 10.2. The number of sulfonamides is 1. The minimum Gasteiger partial charge on any atom is -0.466 e. The molecule has 9 nitrogen and oxygen atoms in total. The molecule has 1 aromatic rings. The highest BCUT2D eigenvalue weighted by molar-refractivity contribution is 7.88. The third kappa shape index (κ3) is 3.01. The first-order chi connectivity index (χ1) is 8.91. The topological polar surface area (TPSA) is 117 Å². The summed E-state index contributed by atoms with van der Waals surface area (Å²) in [6.45, 7) is 0.358. The van der Waals surface area contributed by atoms with Gasteiger partial charge in [-0.15, -0.1) is 5.10 Å². The van der Waals surface area contributed by atoms with Crippen LogP contribution in [0.3, 0.4) is 0 Å². The average Bonchev–Trinajstić information content (AvgIpc) is 2.95. The van der Waals surface area contributed by atoms with Gasteiger partial charge >= 0.3 is 6.01 Å². The molecule has 0 spiro atoms. The Morgan fingerprint density at radius 1 is 1.58 bits per heavy atom. The van der Waals surface area contributed by atoms with Gasteiger partial charge in [0.05, 0.1) is 13.4 Å². The molecule has 0 saturated carbocycles. The van der Waals surface area contributed by atoms with E-state index < -0.39 is 22.0 Å². The summed E-state index contributed by atoms with van der Waals surface area (Å²) in [5.41, 5.74) is 0. The van der Waals surface area contributed by atoms with Crippen LogP contribution >= 0.6 is 0 Å². The lowest BCUT2D eigenvalue weighted by molar-refractivity contribution is -0.119. The summed E-state index contributed by atoms with van der Waals surface area (Å²) >= 11 is 0. The molecule has 1 saturated heterocycles. The SMILES string of the molecule is COc1n[nH]c(NC(=O)C2CCCN2S(C)(=O)=O)n1. The van der Waals surface area contributed by atoms with Gasteiger partial charge in [0.2, 0.25) is 21.9 Å². The summed E-state index contributed by atoms with van der Waals surface area (Å²) in [6.07, 6.45) is 2.24. The Kier molecular flexibility index (Phi) is 3.71. The van der Waals surface area contributed by atoms with Crippen molar-refractivity contribution < 1.29 is 17.9 Å². The summed E-state index contributed by atoms with van der Waals surface area (Å²) in [4.78, 5) is 15.9. The lowest BCUT2D eigenvalue weighted by Gasteiger charge is -2.20. The fourth-order valence-corrected chi connectivity index (χ4v) is 3.12. The summed E-state index contributed by atoms with van der Waals surface area (Å²) in [6, 6.07) is -0.604. The van der Waals surface area contributed by atoms with E-state index >= 15 is 0 Å². The van der Waals surface area contributed by atoms with Crippen LogP contribution in [0.2, 0.25) is 0 Å². The van der Waals surface area contributed by atoms with Crippen molar-refractivity contribution in [3.63, 3.8) is 0 Å². The molecule has 2 N–H and O–H groups in total. The maximum Gasteiger partial charge on any atom is 0.336 e. The second-order valence-electron chi connectivity index (χ2n) is 4.19. The van der Waals surface area contributed by atoms with E-state index in [1.54, 1.807) is 0 Å². The normalized spacial score (nSPS) is 20.4. The largest absolute Gasteiger partial charge is 0.466 e. The van der Waals surface area contributed by atoms with Crippen molar-refractivity contribution in [2.45, 2.75) is 18.9 Å². The first-order valence-electron chi connectivity index (χ1n) is 5.66. The van der Waals surface area contributed by atoms with Crippen LogP contribution in [0.4, 0.5) is 5.95 Å². The van der Waals surface area contributed by atoms with E-state index in [4.69, 9.17) is 4.74 Å². The molecular formula is C9H15N5O4S. The molecule has 2 rings (SSSR count). The minimum absolute atomic E-state index is 0.0988. The molecule has 1 aromatic heterocycles. The van der Waals surface area contributed by atoms with Gasteiger partial charge in [0.15, 0.2) is 0 Å². The summed E-state index contributed by atoms with van der Waals surface area (Å²) in [5, 5.41) is 8.64. The van der Waals surface area contributed by atoms with E-state index in [1.807, 2.05) is 0 Å². The van der Waals surface area contributed by atoms with Crippen LogP contribution in [0.5, 0.6) is 6.01 Å². The number of nitrogens with zero attached hydrogens (tertiary/aromatic N) is 3. The minimum atomic E-state index is -3.39. The van der Waals surface area contributed by atoms with Gasteiger partial charge in [-0.05, 0) is 12.8 Å². The van der Waals surface area contributed by atoms with Crippen molar-refractivity contribution in [2.75, 3.05) is 25.2 Å². The van der Waals surface area contributed by atoms with Crippen LogP contribution in [-0.4, -0.2) is 59.8 Å². The Bertz CT molecular complexity index is 569. The van der Waals surface area contributed by atoms with Gasteiger partial charge < -0.3 is 4.74 Å². The Morgan fingerprint density at radius 2 is 2.32 bits per heavy atom. The maximum atomic E-state index is 12.0. The number of amides is 1. The van der Waals surface area contributed by atoms with Crippen molar-refractivity contribution in [1.29, 1.82) is 0 Å². The highest BCUT2D eigenvalue weighted by Crippen LogP contribution is 2.21. The van der Waals surface area contributed by atoms with Crippen LogP contribution in [0.15, 0.2) is 0 Å². The number of carbonyl (C=O) groups is 1. The van der Waals surface area contributed by atoms with Crippen LogP contribution in [-0.2, 0) is 14.8 Å². The molecule has 0 bridgehead atoms. The number of H-pyrrole nitrogens is 1. The lowest BCUT2D eigenvalue weighted by Crippen LogP contribution is -2.42. The standard InChI is InChI=1S/C9H15N5O4S/c1-18-9-11-8(12-13-9)10-7(15)6-4-3-5-14(6)19(2,16)17/h6H,3-5H2,1-2H3,(H2,10,11,12,13,15). The van der Waals surface area contributed by atoms with Gasteiger partial charge in [-0.2, -0.15) is 9.29 Å². The van der Waals surface area contributed by atoms with Gasteiger partial charge in [0.25, 0.3) is 0 Å². The van der Waals surface area contributed by atoms with Crippen molar-refractivity contribution in [2.24, 2.45) is 0 Å². The first kappa shape index (κ1) is 13.7.